The van der Waals surface area contributed by atoms with Crippen LogP contribution in [0.3, 0.4) is 0 Å². The van der Waals surface area contributed by atoms with Crippen LogP contribution in [0.1, 0.15) is 23.2 Å². The zero-order valence-electron chi connectivity index (χ0n) is 9.90. The number of amides is 1. The highest BCUT2D eigenvalue weighted by Gasteiger charge is 2.27. The molecule has 1 aliphatic rings. The van der Waals surface area contributed by atoms with Crippen molar-refractivity contribution in [1.29, 1.82) is 0 Å². The highest BCUT2D eigenvalue weighted by molar-refractivity contribution is 14.1. The maximum absolute atomic E-state index is 12.3. The SMILES string of the molecule is C#CCN(CC1CC1)C(=O)c1cc(I)ccc1O. The summed E-state index contributed by atoms with van der Waals surface area (Å²) in [7, 11) is 0. The quantitative estimate of drug-likeness (QED) is 0.666. The van der Waals surface area contributed by atoms with E-state index < -0.39 is 0 Å². The van der Waals surface area contributed by atoms with Crippen LogP contribution < -0.4 is 0 Å². The molecule has 0 aliphatic heterocycles. The summed E-state index contributed by atoms with van der Waals surface area (Å²) in [6.07, 6.45) is 7.62. The van der Waals surface area contributed by atoms with Gasteiger partial charge in [-0.15, -0.1) is 6.42 Å². The molecule has 2 rings (SSSR count). The first-order valence-electron chi connectivity index (χ1n) is 5.83. The van der Waals surface area contributed by atoms with E-state index in [0.29, 0.717) is 24.6 Å². The van der Waals surface area contributed by atoms with Crippen LogP contribution >= 0.6 is 22.6 Å². The van der Waals surface area contributed by atoms with Gasteiger partial charge in [0.25, 0.3) is 5.91 Å². The van der Waals surface area contributed by atoms with Crippen molar-refractivity contribution in [3.63, 3.8) is 0 Å². The Morgan fingerprint density at radius 1 is 1.56 bits per heavy atom. The highest BCUT2D eigenvalue weighted by atomic mass is 127. The molecule has 0 aromatic heterocycles. The summed E-state index contributed by atoms with van der Waals surface area (Å²) in [5, 5.41) is 9.77. The molecule has 0 bridgehead atoms. The third kappa shape index (κ3) is 3.16. The number of rotatable bonds is 4. The van der Waals surface area contributed by atoms with Crippen molar-refractivity contribution >= 4 is 28.5 Å². The first kappa shape index (κ1) is 13.2. The standard InChI is InChI=1S/C14H14INO2/c1-2-7-16(9-10-3-4-10)14(18)12-8-11(15)5-6-13(12)17/h1,5-6,8,10,17H,3-4,7,9H2. The lowest BCUT2D eigenvalue weighted by Gasteiger charge is -2.20. The van der Waals surface area contributed by atoms with Gasteiger partial charge in [-0.05, 0) is 59.5 Å². The molecule has 1 fully saturated rings. The van der Waals surface area contributed by atoms with Crippen molar-refractivity contribution in [2.75, 3.05) is 13.1 Å². The van der Waals surface area contributed by atoms with Gasteiger partial charge in [0.1, 0.15) is 5.75 Å². The summed E-state index contributed by atoms with van der Waals surface area (Å²) in [6, 6.07) is 4.99. The van der Waals surface area contributed by atoms with Gasteiger partial charge >= 0.3 is 0 Å². The van der Waals surface area contributed by atoms with Crippen LogP contribution in [-0.2, 0) is 0 Å². The largest absolute Gasteiger partial charge is 0.507 e. The number of carbonyl (C=O) groups excluding carboxylic acids is 1. The predicted octanol–water partition coefficient (Wildman–Crippen LogP) is 2.48. The molecule has 4 heteroatoms. The summed E-state index contributed by atoms with van der Waals surface area (Å²) < 4.78 is 0.917. The van der Waals surface area contributed by atoms with E-state index in [4.69, 9.17) is 6.42 Å². The second-order valence-electron chi connectivity index (χ2n) is 4.49. The van der Waals surface area contributed by atoms with E-state index in [-0.39, 0.29) is 11.7 Å². The van der Waals surface area contributed by atoms with Crippen molar-refractivity contribution in [2.45, 2.75) is 12.8 Å². The maximum atomic E-state index is 12.3. The summed E-state index contributed by atoms with van der Waals surface area (Å²) in [5.74, 6) is 2.91. The van der Waals surface area contributed by atoms with Gasteiger partial charge < -0.3 is 10.0 Å². The summed E-state index contributed by atoms with van der Waals surface area (Å²) in [5.41, 5.74) is 0.331. The Balaban J connectivity index is 2.20. The topological polar surface area (TPSA) is 40.5 Å². The molecule has 0 radical (unpaired) electrons. The van der Waals surface area contributed by atoms with Crippen molar-refractivity contribution in [1.82, 2.24) is 4.90 Å². The number of phenolic OH excluding ortho intramolecular Hbond substituents is 1. The zero-order valence-corrected chi connectivity index (χ0v) is 12.1. The molecule has 0 saturated heterocycles. The Morgan fingerprint density at radius 2 is 2.28 bits per heavy atom. The summed E-state index contributed by atoms with van der Waals surface area (Å²) in [4.78, 5) is 14.0. The van der Waals surface area contributed by atoms with E-state index in [1.807, 2.05) is 0 Å². The lowest BCUT2D eigenvalue weighted by molar-refractivity contribution is 0.0766. The molecule has 1 aliphatic carbocycles. The third-order valence-electron chi connectivity index (χ3n) is 2.93. The second kappa shape index (κ2) is 5.61. The van der Waals surface area contributed by atoms with E-state index >= 15 is 0 Å². The molecule has 18 heavy (non-hydrogen) atoms. The molecule has 1 aromatic rings. The fourth-order valence-electron chi connectivity index (χ4n) is 1.79. The second-order valence-corrected chi connectivity index (χ2v) is 5.74. The van der Waals surface area contributed by atoms with Gasteiger partial charge in [0.05, 0.1) is 12.1 Å². The normalized spacial score (nSPS) is 14.0. The number of carbonyl (C=O) groups is 1. The van der Waals surface area contributed by atoms with Crippen LogP contribution in [0.15, 0.2) is 18.2 Å². The Hall–Kier alpha value is -1.22. The van der Waals surface area contributed by atoms with Gasteiger partial charge in [-0.25, -0.2) is 0 Å². The lowest BCUT2D eigenvalue weighted by atomic mass is 10.1. The number of phenols is 1. The molecule has 1 N–H and O–H groups in total. The summed E-state index contributed by atoms with van der Waals surface area (Å²) >= 11 is 2.12. The molecule has 1 amide bonds. The van der Waals surface area contributed by atoms with Crippen LogP contribution in [-0.4, -0.2) is 29.0 Å². The highest BCUT2D eigenvalue weighted by Crippen LogP contribution is 2.30. The smallest absolute Gasteiger partial charge is 0.258 e. The van der Waals surface area contributed by atoms with Crippen molar-refractivity contribution in [2.24, 2.45) is 5.92 Å². The van der Waals surface area contributed by atoms with Crippen molar-refractivity contribution < 1.29 is 9.90 Å². The monoisotopic (exact) mass is 355 g/mol. The minimum Gasteiger partial charge on any atom is -0.507 e. The van der Waals surface area contributed by atoms with Gasteiger partial charge in [-0.1, -0.05) is 5.92 Å². The van der Waals surface area contributed by atoms with Gasteiger partial charge in [-0.3, -0.25) is 4.79 Å². The number of halogens is 1. The van der Waals surface area contributed by atoms with E-state index in [9.17, 15) is 9.90 Å². The fourth-order valence-corrected chi connectivity index (χ4v) is 2.28. The number of hydrogen-bond donors (Lipinski definition) is 1. The summed E-state index contributed by atoms with van der Waals surface area (Å²) in [6.45, 7) is 0.980. The number of terminal acetylenes is 1. The average molecular weight is 355 g/mol. The first-order valence-corrected chi connectivity index (χ1v) is 6.91. The average Bonchev–Trinajstić information content (AvgIpc) is 3.15. The lowest BCUT2D eigenvalue weighted by Crippen LogP contribution is -2.33. The molecule has 1 aromatic carbocycles. The maximum Gasteiger partial charge on any atom is 0.258 e. The van der Waals surface area contributed by atoms with Crippen LogP contribution in [0.4, 0.5) is 0 Å². The zero-order chi connectivity index (χ0) is 13.1. The van der Waals surface area contributed by atoms with Crippen molar-refractivity contribution in [3.8, 4) is 18.1 Å². The third-order valence-corrected chi connectivity index (χ3v) is 3.60. The van der Waals surface area contributed by atoms with Crippen LogP contribution in [0.25, 0.3) is 0 Å². The minimum absolute atomic E-state index is 0.0123. The van der Waals surface area contributed by atoms with E-state index in [0.717, 1.165) is 16.4 Å². The first-order chi connectivity index (χ1) is 8.61. The van der Waals surface area contributed by atoms with Crippen LogP contribution in [0.2, 0.25) is 0 Å². The Labute approximate surface area is 120 Å². The molecular weight excluding hydrogens is 341 g/mol. The van der Waals surface area contributed by atoms with Crippen molar-refractivity contribution in [3.05, 3.63) is 27.3 Å². The Kier molecular flexibility index (Phi) is 4.12. The Bertz CT molecular complexity index is 503. The molecule has 0 atom stereocenters. The number of aromatic hydroxyl groups is 1. The Morgan fingerprint density at radius 3 is 2.89 bits per heavy atom. The van der Waals surface area contributed by atoms with Crippen LogP contribution in [0, 0.1) is 21.8 Å². The minimum atomic E-state index is -0.184. The fraction of sp³-hybridized carbons (Fsp3) is 0.357. The van der Waals surface area contributed by atoms with Gasteiger partial charge in [0.15, 0.2) is 0 Å². The molecule has 94 valence electrons. The van der Waals surface area contributed by atoms with Crippen LogP contribution in [0.5, 0.6) is 5.75 Å². The van der Waals surface area contributed by atoms with E-state index in [2.05, 4.69) is 28.5 Å². The number of nitrogens with zero attached hydrogens (tertiary/aromatic N) is 1. The molecule has 0 spiro atoms. The number of benzene rings is 1. The van der Waals surface area contributed by atoms with Gasteiger partial charge in [-0.2, -0.15) is 0 Å². The molecule has 3 nitrogen and oxygen atoms in total. The molecular formula is C14H14INO2. The van der Waals surface area contributed by atoms with E-state index in [1.165, 1.54) is 0 Å². The predicted molar refractivity (Wildman–Crippen MR) is 78.3 cm³/mol. The van der Waals surface area contributed by atoms with E-state index in [1.54, 1.807) is 23.1 Å². The molecule has 1 saturated carbocycles. The van der Waals surface area contributed by atoms with Gasteiger partial charge in [0.2, 0.25) is 0 Å². The molecule has 0 unspecified atom stereocenters. The number of hydrogen-bond acceptors (Lipinski definition) is 2. The molecule has 0 heterocycles. The van der Waals surface area contributed by atoms with Gasteiger partial charge in [0, 0.05) is 10.1 Å².